The molecule has 0 amide bonds. The summed E-state index contributed by atoms with van der Waals surface area (Å²) in [5.41, 5.74) is 5.74. The third-order valence-corrected chi connectivity index (χ3v) is 2.56. The van der Waals surface area contributed by atoms with Crippen molar-refractivity contribution in [1.29, 1.82) is 0 Å². The van der Waals surface area contributed by atoms with Crippen LogP contribution in [0.5, 0.6) is 0 Å². The van der Waals surface area contributed by atoms with Crippen LogP contribution in [0.15, 0.2) is 0 Å². The fourth-order valence-corrected chi connectivity index (χ4v) is 1.80. The van der Waals surface area contributed by atoms with Gasteiger partial charge in [0.25, 0.3) is 0 Å². The number of hydrogen-bond acceptors (Lipinski definition) is 3. The molecule has 3 nitrogen and oxygen atoms in total. The Bertz CT molecular complexity index is 222. The first-order valence-electron chi connectivity index (χ1n) is 6.08. The molecule has 2 N–H and O–H groups in total. The zero-order valence-electron chi connectivity index (χ0n) is 11.5. The molecule has 0 fully saturated rings. The molecule has 0 aromatic heterocycles. The van der Waals surface area contributed by atoms with E-state index in [1.165, 1.54) is 0 Å². The Morgan fingerprint density at radius 3 is 2.12 bits per heavy atom. The van der Waals surface area contributed by atoms with Gasteiger partial charge in [0.2, 0.25) is 0 Å². The maximum atomic E-state index is 11.6. The number of carbonyl (C=O) groups is 1. The van der Waals surface area contributed by atoms with Crippen LogP contribution in [0.1, 0.15) is 48.0 Å². The summed E-state index contributed by atoms with van der Waals surface area (Å²) in [4.78, 5) is 11.6. The van der Waals surface area contributed by atoms with Gasteiger partial charge in [-0.2, -0.15) is 0 Å². The molecular weight excluding hydrogens is 202 g/mol. The summed E-state index contributed by atoms with van der Waals surface area (Å²) in [7, 11) is 0. The number of hydrogen-bond donors (Lipinski definition) is 1. The van der Waals surface area contributed by atoms with Crippen LogP contribution in [0.3, 0.4) is 0 Å². The first-order chi connectivity index (χ1) is 7.15. The predicted octanol–water partition coefficient (Wildman–Crippen LogP) is 2.59. The van der Waals surface area contributed by atoms with E-state index in [1.54, 1.807) is 0 Å². The van der Waals surface area contributed by atoms with Crippen molar-refractivity contribution in [3.8, 4) is 0 Å². The van der Waals surface area contributed by atoms with Gasteiger partial charge in [-0.15, -0.1) is 0 Å². The summed E-state index contributed by atoms with van der Waals surface area (Å²) in [5.74, 6) is 0.444. The molecular formula is C13H27NO2. The minimum absolute atomic E-state index is 0.0283. The van der Waals surface area contributed by atoms with Crippen LogP contribution in [0.4, 0.5) is 0 Å². The Balaban J connectivity index is 4.09. The molecule has 0 rings (SSSR count). The summed E-state index contributed by atoms with van der Waals surface area (Å²) in [6.45, 7) is 12.9. The molecule has 0 aromatic rings. The van der Waals surface area contributed by atoms with E-state index in [-0.39, 0.29) is 17.3 Å². The molecule has 0 radical (unpaired) electrons. The summed E-state index contributed by atoms with van der Waals surface area (Å²) < 4.78 is 5.27. The van der Waals surface area contributed by atoms with Gasteiger partial charge in [0.15, 0.2) is 0 Å². The van der Waals surface area contributed by atoms with E-state index in [0.717, 1.165) is 6.42 Å². The van der Waals surface area contributed by atoms with Crippen LogP contribution in [0.2, 0.25) is 0 Å². The monoisotopic (exact) mass is 229 g/mol. The maximum Gasteiger partial charge on any atom is 0.323 e. The van der Waals surface area contributed by atoms with E-state index < -0.39 is 6.04 Å². The summed E-state index contributed by atoms with van der Waals surface area (Å²) in [6, 6.07) is -0.505. The molecule has 0 saturated carbocycles. The second-order valence-corrected chi connectivity index (χ2v) is 6.14. The highest BCUT2D eigenvalue weighted by Crippen LogP contribution is 2.25. The van der Waals surface area contributed by atoms with Crippen molar-refractivity contribution in [2.45, 2.75) is 54.0 Å². The lowest BCUT2D eigenvalue weighted by molar-refractivity contribution is -0.149. The van der Waals surface area contributed by atoms with Gasteiger partial charge in [0, 0.05) is 0 Å². The fourth-order valence-electron chi connectivity index (χ4n) is 1.80. The largest absolute Gasteiger partial charge is 0.464 e. The number of ether oxygens (including phenoxy) is 1. The van der Waals surface area contributed by atoms with E-state index in [1.807, 2.05) is 13.8 Å². The molecule has 0 bridgehead atoms. The summed E-state index contributed by atoms with van der Waals surface area (Å²) >= 11 is 0. The minimum Gasteiger partial charge on any atom is -0.464 e. The standard InChI is InChI=1S/C13H27NO2/c1-9(2)7-13(5,6)8-16-12(15)11(14)10(3)4/h9-11H,7-8,14H2,1-6H3. The third-order valence-electron chi connectivity index (χ3n) is 2.56. The Labute approximate surface area is 99.7 Å². The van der Waals surface area contributed by atoms with Gasteiger partial charge in [-0.3, -0.25) is 4.79 Å². The molecule has 1 atom stereocenters. The van der Waals surface area contributed by atoms with Crippen molar-refractivity contribution in [1.82, 2.24) is 0 Å². The highest BCUT2D eigenvalue weighted by Gasteiger charge is 2.24. The Morgan fingerprint density at radius 1 is 1.25 bits per heavy atom. The van der Waals surface area contributed by atoms with E-state index >= 15 is 0 Å². The van der Waals surface area contributed by atoms with Crippen molar-refractivity contribution in [2.24, 2.45) is 23.0 Å². The molecule has 0 heterocycles. The molecule has 0 aliphatic rings. The zero-order chi connectivity index (χ0) is 12.9. The lowest BCUT2D eigenvalue weighted by atomic mass is 9.85. The van der Waals surface area contributed by atoms with Crippen molar-refractivity contribution < 1.29 is 9.53 Å². The molecule has 0 aliphatic heterocycles. The predicted molar refractivity (Wildman–Crippen MR) is 67.0 cm³/mol. The van der Waals surface area contributed by atoms with Crippen molar-refractivity contribution in [2.75, 3.05) is 6.61 Å². The highest BCUT2D eigenvalue weighted by atomic mass is 16.5. The molecule has 16 heavy (non-hydrogen) atoms. The summed E-state index contributed by atoms with van der Waals surface area (Å²) in [5, 5.41) is 0. The number of carbonyl (C=O) groups excluding carboxylic acids is 1. The molecule has 0 aromatic carbocycles. The van der Waals surface area contributed by atoms with Crippen LogP contribution in [0.25, 0.3) is 0 Å². The Kier molecular flexibility index (Phi) is 6.01. The fraction of sp³-hybridized carbons (Fsp3) is 0.923. The number of esters is 1. The topological polar surface area (TPSA) is 52.3 Å². The van der Waals surface area contributed by atoms with Crippen molar-refractivity contribution in [3.05, 3.63) is 0 Å². The third kappa shape index (κ3) is 6.11. The van der Waals surface area contributed by atoms with E-state index in [9.17, 15) is 4.79 Å². The van der Waals surface area contributed by atoms with Crippen LogP contribution < -0.4 is 5.73 Å². The second-order valence-electron chi connectivity index (χ2n) is 6.14. The quantitative estimate of drug-likeness (QED) is 0.712. The molecule has 0 saturated heterocycles. The van der Waals surface area contributed by atoms with Crippen molar-refractivity contribution >= 4 is 5.97 Å². The average Bonchev–Trinajstić information content (AvgIpc) is 2.10. The average molecular weight is 229 g/mol. The van der Waals surface area contributed by atoms with Gasteiger partial charge in [-0.25, -0.2) is 0 Å². The van der Waals surface area contributed by atoms with Crippen LogP contribution >= 0.6 is 0 Å². The van der Waals surface area contributed by atoms with Gasteiger partial charge in [-0.1, -0.05) is 41.5 Å². The first-order valence-corrected chi connectivity index (χ1v) is 6.08. The van der Waals surface area contributed by atoms with Gasteiger partial charge in [0.05, 0.1) is 6.61 Å². The number of rotatable bonds is 6. The van der Waals surface area contributed by atoms with Crippen LogP contribution in [-0.4, -0.2) is 18.6 Å². The molecule has 96 valence electrons. The molecule has 1 unspecified atom stereocenters. The van der Waals surface area contributed by atoms with Crippen molar-refractivity contribution in [3.63, 3.8) is 0 Å². The van der Waals surface area contributed by atoms with Gasteiger partial charge in [-0.05, 0) is 23.7 Å². The number of nitrogens with two attached hydrogens (primary N) is 1. The second kappa shape index (κ2) is 6.24. The lowest BCUT2D eigenvalue weighted by Gasteiger charge is -2.27. The van der Waals surface area contributed by atoms with Gasteiger partial charge >= 0.3 is 5.97 Å². The van der Waals surface area contributed by atoms with Gasteiger partial charge in [0.1, 0.15) is 6.04 Å². The lowest BCUT2D eigenvalue weighted by Crippen LogP contribution is -2.38. The maximum absolute atomic E-state index is 11.6. The normalized spacial score (nSPS) is 14.3. The zero-order valence-corrected chi connectivity index (χ0v) is 11.5. The minimum atomic E-state index is -0.505. The molecule has 0 aliphatic carbocycles. The smallest absolute Gasteiger partial charge is 0.323 e. The van der Waals surface area contributed by atoms with Gasteiger partial charge < -0.3 is 10.5 Å². The first kappa shape index (κ1) is 15.4. The molecule has 0 spiro atoms. The van der Waals surface area contributed by atoms with Crippen LogP contribution in [-0.2, 0) is 9.53 Å². The SMILES string of the molecule is CC(C)CC(C)(C)COC(=O)C(N)C(C)C. The van der Waals surface area contributed by atoms with E-state index in [0.29, 0.717) is 12.5 Å². The molecule has 3 heteroatoms. The highest BCUT2D eigenvalue weighted by molar-refractivity contribution is 5.75. The Hall–Kier alpha value is -0.570. The summed E-state index contributed by atoms with van der Waals surface area (Å²) in [6.07, 6.45) is 1.04. The van der Waals surface area contributed by atoms with Crippen LogP contribution in [0, 0.1) is 17.3 Å². The van der Waals surface area contributed by atoms with E-state index in [4.69, 9.17) is 10.5 Å². The Morgan fingerprint density at radius 2 is 1.75 bits per heavy atom. The van der Waals surface area contributed by atoms with E-state index in [2.05, 4.69) is 27.7 Å².